The number of hydrogen-bond donors (Lipinski definition) is 0. The van der Waals surface area contributed by atoms with Gasteiger partial charge in [-0.15, -0.1) is 0 Å². The molecule has 0 atom stereocenters. The van der Waals surface area contributed by atoms with Gasteiger partial charge in [0.2, 0.25) is 0 Å². The lowest BCUT2D eigenvalue weighted by atomic mass is 9.98. The van der Waals surface area contributed by atoms with Gasteiger partial charge in [0.25, 0.3) is 0 Å². The van der Waals surface area contributed by atoms with E-state index < -0.39 is 0 Å². The molecule has 1 heterocycles. The highest BCUT2D eigenvalue weighted by Gasteiger charge is 2.27. The Bertz CT molecular complexity index is 547. The minimum Gasteiger partial charge on any atom is -0.197 e. The molecule has 0 fully saturated rings. The smallest absolute Gasteiger partial charge is 0.189 e. The van der Waals surface area contributed by atoms with Crippen molar-refractivity contribution in [3.63, 3.8) is 0 Å². The second-order valence-corrected chi connectivity index (χ2v) is 6.49. The summed E-state index contributed by atoms with van der Waals surface area (Å²) in [6.45, 7) is 11.4. The lowest BCUT2D eigenvalue weighted by molar-refractivity contribution is -0.759. The highest BCUT2D eigenvalue weighted by Crippen LogP contribution is 2.20. The Morgan fingerprint density at radius 2 is 1.72 bits per heavy atom. The van der Waals surface area contributed by atoms with Crippen LogP contribution in [0, 0.1) is 5.92 Å². The van der Waals surface area contributed by atoms with Crippen molar-refractivity contribution in [1.29, 1.82) is 0 Å². The number of aromatic nitrogens is 1. The quantitative estimate of drug-likeness (QED) is 0.699. The third-order valence-corrected chi connectivity index (χ3v) is 3.29. The summed E-state index contributed by atoms with van der Waals surface area (Å²) in [5, 5.41) is 2.73. The van der Waals surface area contributed by atoms with Crippen LogP contribution < -0.4 is 4.57 Å². The van der Waals surface area contributed by atoms with Gasteiger partial charge in [0.05, 0.1) is 0 Å². The van der Waals surface area contributed by atoms with Gasteiger partial charge in [-0.3, -0.25) is 0 Å². The molecule has 0 saturated carbocycles. The maximum atomic E-state index is 2.43. The van der Waals surface area contributed by atoms with Gasteiger partial charge in [-0.05, 0) is 17.4 Å². The molecule has 0 unspecified atom stereocenters. The summed E-state index contributed by atoms with van der Waals surface area (Å²) in [6.07, 6.45) is 3.36. The van der Waals surface area contributed by atoms with Crippen molar-refractivity contribution >= 4 is 10.8 Å². The number of pyridine rings is 1. The Morgan fingerprint density at radius 3 is 2.33 bits per heavy atom. The van der Waals surface area contributed by atoms with Gasteiger partial charge in [0.15, 0.2) is 17.4 Å². The molecule has 18 heavy (non-hydrogen) atoms. The van der Waals surface area contributed by atoms with Crippen molar-refractivity contribution in [3.05, 3.63) is 42.2 Å². The number of fused-ring (bicyclic) bond motifs is 1. The molecule has 0 bridgehead atoms. The minimum absolute atomic E-state index is 0.133. The van der Waals surface area contributed by atoms with Crippen molar-refractivity contribution in [1.82, 2.24) is 0 Å². The fourth-order valence-corrected chi connectivity index (χ4v) is 2.50. The van der Waals surface area contributed by atoms with E-state index in [1.165, 1.54) is 16.5 Å². The fourth-order valence-electron chi connectivity index (χ4n) is 2.50. The molecule has 0 aliphatic rings. The predicted octanol–water partition coefficient (Wildman–Crippen LogP) is 4.08. The molecule has 1 heteroatoms. The van der Waals surface area contributed by atoms with Gasteiger partial charge < -0.3 is 0 Å². The van der Waals surface area contributed by atoms with E-state index in [0.29, 0.717) is 5.92 Å². The summed E-state index contributed by atoms with van der Waals surface area (Å²) >= 11 is 0. The molecule has 0 aliphatic carbocycles. The predicted molar refractivity (Wildman–Crippen MR) is 77.7 cm³/mol. The van der Waals surface area contributed by atoms with E-state index in [1.807, 2.05) is 0 Å². The molecule has 0 N–H and O–H groups in total. The van der Waals surface area contributed by atoms with Gasteiger partial charge in [0.1, 0.15) is 0 Å². The average Bonchev–Trinajstić information content (AvgIpc) is 2.27. The molecule has 1 nitrogen and oxygen atoms in total. The Labute approximate surface area is 110 Å². The standard InChI is InChI=1S/C17H24N/c1-13(2)12-16-15-9-7-6-8-14(15)10-11-18(16)17(3,4)5/h6-11,13H,12H2,1-5H3/q+1. The number of hydrogen-bond acceptors (Lipinski definition) is 0. The largest absolute Gasteiger partial charge is 0.197 e. The molecule has 0 spiro atoms. The summed E-state index contributed by atoms with van der Waals surface area (Å²) in [5.41, 5.74) is 1.59. The van der Waals surface area contributed by atoms with Crippen molar-refractivity contribution in [2.24, 2.45) is 5.92 Å². The average molecular weight is 242 g/mol. The third-order valence-electron chi connectivity index (χ3n) is 3.29. The Balaban J connectivity index is 2.71. The van der Waals surface area contributed by atoms with Gasteiger partial charge in [-0.2, -0.15) is 4.57 Å². The zero-order chi connectivity index (χ0) is 13.3. The van der Waals surface area contributed by atoms with Crippen LogP contribution in [0.3, 0.4) is 0 Å². The van der Waals surface area contributed by atoms with E-state index in [1.54, 1.807) is 0 Å². The van der Waals surface area contributed by atoms with Crippen molar-refractivity contribution < 1.29 is 4.57 Å². The lowest BCUT2D eigenvalue weighted by Gasteiger charge is -2.19. The normalized spacial score (nSPS) is 12.3. The molecule has 0 radical (unpaired) electrons. The first-order valence-electron chi connectivity index (χ1n) is 6.82. The third kappa shape index (κ3) is 2.55. The molecule has 1 aromatic heterocycles. The Kier molecular flexibility index (Phi) is 3.43. The van der Waals surface area contributed by atoms with Gasteiger partial charge >= 0.3 is 0 Å². The molecular weight excluding hydrogens is 218 g/mol. The van der Waals surface area contributed by atoms with Crippen LogP contribution in [-0.4, -0.2) is 0 Å². The van der Waals surface area contributed by atoms with Gasteiger partial charge in [0, 0.05) is 38.6 Å². The monoisotopic (exact) mass is 242 g/mol. The first-order valence-corrected chi connectivity index (χ1v) is 6.82. The van der Waals surface area contributed by atoms with Crippen molar-refractivity contribution in [2.75, 3.05) is 0 Å². The SMILES string of the molecule is CC(C)Cc1c2ccccc2cc[n+]1C(C)(C)C. The van der Waals surface area contributed by atoms with E-state index >= 15 is 0 Å². The molecular formula is C17H24N+. The zero-order valence-electron chi connectivity index (χ0n) is 12.2. The Hall–Kier alpha value is -1.37. The van der Waals surface area contributed by atoms with Crippen LogP contribution in [0.2, 0.25) is 0 Å². The summed E-state index contributed by atoms with van der Waals surface area (Å²) in [4.78, 5) is 0. The molecule has 1 aromatic carbocycles. The first kappa shape index (κ1) is 13.1. The molecule has 0 amide bonds. The van der Waals surface area contributed by atoms with Crippen LogP contribution in [0.25, 0.3) is 10.8 Å². The summed E-state index contributed by atoms with van der Waals surface area (Å²) < 4.78 is 2.43. The molecule has 96 valence electrons. The number of benzene rings is 1. The second-order valence-electron chi connectivity index (χ2n) is 6.49. The highest BCUT2D eigenvalue weighted by molar-refractivity contribution is 5.83. The Morgan fingerprint density at radius 1 is 1.06 bits per heavy atom. The summed E-state index contributed by atoms with van der Waals surface area (Å²) in [6, 6.07) is 10.9. The summed E-state index contributed by atoms with van der Waals surface area (Å²) in [7, 11) is 0. The van der Waals surface area contributed by atoms with Gasteiger partial charge in [-0.25, -0.2) is 0 Å². The van der Waals surface area contributed by atoms with E-state index in [2.05, 4.69) is 75.7 Å². The van der Waals surface area contributed by atoms with Crippen LogP contribution >= 0.6 is 0 Å². The molecule has 2 aromatic rings. The first-order chi connectivity index (χ1) is 8.39. The minimum atomic E-state index is 0.133. The van der Waals surface area contributed by atoms with Crippen LogP contribution in [0.1, 0.15) is 40.3 Å². The number of rotatable bonds is 2. The van der Waals surface area contributed by atoms with Crippen LogP contribution in [0.15, 0.2) is 36.5 Å². The highest BCUT2D eigenvalue weighted by atomic mass is 15.0. The van der Waals surface area contributed by atoms with Crippen molar-refractivity contribution in [2.45, 2.75) is 46.6 Å². The van der Waals surface area contributed by atoms with E-state index in [-0.39, 0.29) is 5.54 Å². The van der Waals surface area contributed by atoms with Crippen LogP contribution in [0.4, 0.5) is 0 Å². The van der Waals surface area contributed by atoms with E-state index in [0.717, 1.165) is 6.42 Å². The topological polar surface area (TPSA) is 3.88 Å². The van der Waals surface area contributed by atoms with E-state index in [4.69, 9.17) is 0 Å². The molecule has 0 saturated heterocycles. The zero-order valence-corrected chi connectivity index (χ0v) is 12.2. The molecule has 0 aliphatic heterocycles. The maximum Gasteiger partial charge on any atom is 0.189 e. The second kappa shape index (κ2) is 4.72. The lowest BCUT2D eigenvalue weighted by Crippen LogP contribution is -2.53. The fraction of sp³-hybridized carbons (Fsp3) is 0.471. The molecule has 2 rings (SSSR count). The van der Waals surface area contributed by atoms with Gasteiger partial charge in [-0.1, -0.05) is 32.0 Å². The van der Waals surface area contributed by atoms with Crippen molar-refractivity contribution in [3.8, 4) is 0 Å². The maximum absolute atomic E-state index is 2.43. The summed E-state index contributed by atoms with van der Waals surface area (Å²) in [5.74, 6) is 0.671. The van der Waals surface area contributed by atoms with Crippen LogP contribution in [0.5, 0.6) is 0 Å². The number of nitrogens with zero attached hydrogens (tertiary/aromatic N) is 1. The van der Waals surface area contributed by atoms with Crippen LogP contribution in [-0.2, 0) is 12.0 Å². The van der Waals surface area contributed by atoms with E-state index in [9.17, 15) is 0 Å².